The van der Waals surface area contributed by atoms with Gasteiger partial charge in [0.2, 0.25) is 0 Å². The number of fused-ring (bicyclic) bond motifs is 8. The highest BCUT2D eigenvalue weighted by Gasteiger charge is 2.28. The first kappa shape index (κ1) is 19.6. The summed E-state index contributed by atoms with van der Waals surface area (Å²) in [5.74, 6) is 0. The molecule has 6 aromatic carbocycles. The maximum absolute atomic E-state index is 3.93. The van der Waals surface area contributed by atoms with Gasteiger partial charge in [-0.2, -0.15) is 0 Å². The van der Waals surface area contributed by atoms with E-state index in [1.807, 2.05) is 0 Å². The molecular formula is C34H21Br. The number of rotatable bonds is 1. The number of halogens is 1. The zero-order valence-corrected chi connectivity index (χ0v) is 20.7. The molecular weight excluding hydrogens is 488 g/mol. The van der Waals surface area contributed by atoms with Gasteiger partial charge in [-0.3, -0.25) is 0 Å². The van der Waals surface area contributed by atoms with E-state index in [4.69, 9.17) is 0 Å². The summed E-state index contributed by atoms with van der Waals surface area (Å²) in [7, 11) is 0. The van der Waals surface area contributed by atoms with Gasteiger partial charge in [0.05, 0.1) is 0 Å². The number of benzene rings is 6. The Labute approximate surface area is 213 Å². The highest BCUT2D eigenvalue weighted by molar-refractivity contribution is 9.10. The summed E-state index contributed by atoms with van der Waals surface area (Å²) in [5, 5.41) is 5.12. The standard InChI is InChI=1S/C34H21Br/c35-34-27-13-5-3-11-25(27)33(26-12-4-6-14-28(26)34)29-15-7-9-21-17-23-18-22-16-20-8-1-2-10-24(20)30(22)19-31(23)32(21)29/h1-15,18-19H,16-17H2. The molecule has 0 saturated heterocycles. The van der Waals surface area contributed by atoms with Crippen molar-refractivity contribution in [2.24, 2.45) is 0 Å². The molecule has 0 aromatic heterocycles. The smallest absolute Gasteiger partial charge is 0.0332 e. The zero-order chi connectivity index (χ0) is 23.1. The minimum absolute atomic E-state index is 1.01. The molecule has 0 spiro atoms. The Kier molecular flexibility index (Phi) is 4.01. The van der Waals surface area contributed by atoms with Crippen LogP contribution in [0.15, 0.2) is 108 Å². The summed E-state index contributed by atoms with van der Waals surface area (Å²) in [5.41, 5.74) is 14.1. The van der Waals surface area contributed by atoms with Crippen LogP contribution < -0.4 is 0 Å². The van der Waals surface area contributed by atoms with E-state index in [9.17, 15) is 0 Å². The van der Waals surface area contributed by atoms with Crippen molar-refractivity contribution in [3.63, 3.8) is 0 Å². The summed E-state index contributed by atoms with van der Waals surface area (Å²) in [6, 6.07) is 38.4. The molecule has 0 amide bonds. The van der Waals surface area contributed by atoms with Gasteiger partial charge in [-0.25, -0.2) is 0 Å². The number of hydrogen-bond acceptors (Lipinski definition) is 0. The Bertz CT molecular complexity index is 1800. The molecule has 0 heterocycles. The summed E-state index contributed by atoms with van der Waals surface area (Å²) in [6.45, 7) is 0. The fourth-order valence-corrected chi connectivity index (χ4v) is 7.15. The van der Waals surface area contributed by atoms with Crippen LogP contribution >= 0.6 is 15.9 Å². The highest BCUT2D eigenvalue weighted by Crippen LogP contribution is 2.50. The third-order valence-corrected chi connectivity index (χ3v) is 8.81. The van der Waals surface area contributed by atoms with Gasteiger partial charge in [-0.05, 0) is 112 Å². The molecule has 8 rings (SSSR count). The largest absolute Gasteiger partial charge is 0.0619 e. The first-order chi connectivity index (χ1) is 17.3. The molecule has 0 atom stereocenters. The minimum Gasteiger partial charge on any atom is -0.0619 e. The van der Waals surface area contributed by atoms with Gasteiger partial charge in [0.25, 0.3) is 0 Å². The van der Waals surface area contributed by atoms with E-state index in [-0.39, 0.29) is 0 Å². The lowest BCUT2D eigenvalue weighted by atomic mass is 9.87. The van der Waals surface area contributed by atoms with E-state index in [0.717, 1.165) is 12.8 Å². The van der Waals surface area contributed by atoms with E-state index in [1.165, 1.54) is 81.7 Å². The first-order valence-corrected chi connectivity index (χ1v) is 13.0. The van der Waals surface area contributed by atoms with Crippen molar-refractivity contribution in [1.29, 1.82) is 0 Å². The van der Waals surface area contributed by atoms with Crippen molar-refractivity contribution in [1.82, 2.24) is 0 Å². The Morgan fingerprint density at radius 3 is 1.74 bits per heavy atom. The van der Waals surface area contributed by atoms with Crippen molar-refractivity contribution in [2.45, 2.75) is 12.8 Å². The van der Waals surface area contributed by atoms with Crippen molar-refractivity contribution in [3.05, 3.63) is 130 Å². The second kappa shape index (κ2) is 7.16. The minimum atomic E-state index is 1.01. The molecule has 0 bridgehead atoms. The summed E-state index contributed by atoms with van der Waals surface area (Å²) >= 11 is 3.93. The van der Waals surface area contributed by atoms with Gasteiger partial charge in [-0.15, -0.1) is 0 Å². The summed E-state index contributed by atoms with van der Waals surface area (Å²) < 4.78 is 1.18. The van der Waals surface area contributed by atoms with E-state index in [2.05, 4.69) is 119 Å². The second-order valence-corrected chi connectivity index (χ2v) is 10.6. The summed E-state index contributed by atoms with van der Waals surface area (Å²) in [4.78, 5) is 0. The fourth-order valence-electron chi connectivity index (χ4n) is 6.46. The lowest BCUT2D eigenvalue weighted by Crippen LogP contribution is -1.91. The normalized spacial score (nSPS) is 13.1. The lowest BCUT2D eigenvalue weighted by molar-refractivity contribution is 1.21. The third-order valence-electron chi connectivity index (χ3n) is 7.95. The van der Waals surface area contributed by atoms with E-state index in [0.29, 0.717) is 0 Å². The molecule has 6 aromatic rings. The highest BCUT2D eigenvalue weighted by atomic mass is 79.9. The maximum Gasteiger partial charge on any atom is 0.0332 e. The third kappa shape index (κ3) is 2.68. The van der Waals surface area contributed by atoms with Crippen molar-refractivity contribution >= 4 is 37.5 Å². The van der Waals surface area contributed by atoms with Crippen LogP contribution in [0.5, 0.6) is 0 Å². The van der Waals surface area contributed by atoms with Crippen LogP contribution in [0.1, 0.15) is 22.3 Å². The predicted octanol–water partition coefficient (Wildman–Crippen LogP) is 9.56. The fraction of sp³-hybridized carbons (Fsp3) is 0.0588. The molecule has 0 unspecified atom stereocenters. The van der Waals surface area contributed by atoms with Crippen LogP contribution in [-0.4, -0.2) is 0 Å². The SMILES string of the molecule is Brc1c2ccccc2c(-c2cccc3c2-c2cc4c(cc2C3)Cc2ccccc2-4)c2ccccc12. The zero-order valence-electron chi connectivity index (χ0n) is 19.1. The van der Waals surface area contributed by atoms with Gasteiger partial charge in [0, 0.05) is 4.47 Å². The van der Waals surface area contributed by atoms with Crippen molar-refractivity contribution in [2.75, 3.05) is 0 Å². The molecule has 35 heavy (non-hydrogen) atoms. The molecule has 164 valence electrons. The second-order valence-electron chi connectivity index (χ2n) is 9.80. The monoisotopic (exact) mass is 508 g/mol. The molecule has 0 nitrogen and oxygen atoms in total. The summed E-state index contributed by atoms with van der Waals surface area (Å²) in [6.07, 6.45) is 2.05. The van der Waals surface area contributed by atoms with Crippen LogP contribution in [0.25, 0.3) is 54.9 Å². The average molecular weight is 509 g/mol. The molecule has 2 aliphatic rings. The predicted molar refractivity (Wildman–Crippen MR) is 151 cm³/mol. The van der Waals surface area contributed by atoms with Crippen LogP contribution in [-0.2, 0) is 12.8 Å². The molecule has 0 N–H and O–H groups in total. The van der Waals surface area contributed by atoms with E-state index >= 15 is 0 Å². The van der Waals surface area contributed by atoms with Gasteiger partial charge in [0.15, 0.2) is 0 Å². The molecule has 0 aliphatic heterocycles. The van der Waals surface area contributed by atoms with E-state index < -0.39 is 0 Å². The van der Waals surface area contributed by atoms with E-state index in [1.54, 1.807) is 0 Å². The quantitative estimate of drug-likeness (QED) is 0.193. The van der Waals surface area contributed by atoms with Gasteiger partial charge in [0.1, 0.15) is 0 Å². The number of hydrogen-bond donors (Lipinski definition) is 0. The van der Waals surface area contributed by atoms with Crippen LogP contribution in [0.3, 0.4) is 0 Å². The molecule has 0 saturated carbocycles. The molecule has 2 aliphatic carbocycles. The van der Waals surface area contributed by atoms with Crippen LogP contribution in [0.4, 0.5) is 0 Å². The average Bonchev–Trinajstić information content (AvgIpc) is 3.45. The molecule has 1 heteroatoms. The first-order valence-electron chi connectivity index (χ1n) is 12.2. The Balaban J connectivity index is 1.47. The van der Waals surface area contributed by atoms with Gasteiger partial charge in [-0.1, -0.05) is 97.1 Å². The Morgan fingerprint density at radius 2 is 0.971 bits per heavy atom. The Hall–Kier alpha value is -3.68. The van der Waals surface area contributed by atoms with Crippen molar-refractivity contribution < 1.29 is 0 Å². The molecule has 0 fully saturated rings. The maximum atomic E-state index is 3.93. The van der Waals surface area contributed by atoms with Gasteiger partial charge < -0.3 is 0 Å². The Morgan fingerprint density at radius 1 is 0.400 bits per heavy atom. The van der Waals surface area contributed by atoms with Crippen molar-refractivity contribution in [3.8, 4) is 33.4 Å². The van der Waals surface area contributed by atoms with Crippen LogP contribution in [0.2, 0.25) is 0 Å². The lowest BCUT2D eigenvalue weighted by Gasteiger charge is -2.18. The van der Waals surface area contributed by atoms with Gasteiger partial charge >= 0.3 is 0 Å². The van der Waals surface area contributed by atoms with Crippen LogP contribution in [0, 0.1) is 0 Å². The molecule has 0 radical (unpaired) electrons. The topological polar surface area (TPSA) is 0 Å².